The van der Waals surface area contributed by atoms with Gasteiger partial charge in [0, 0.05) is 49.5 Å². The van der Waals surface area contributed by atoms with Gasteiger partial charge in [-0.15, -0.1) is 0 Å². The zero-order chi connectivity index (χ0) is 41.5. The van der Waals surface area contributed by atoms with Crippen LogP contribution in [0.4, 0.5) is 0 Å². The van der Waals surface area contributed by atoms with Crippen molar-refractivity contribution in [3.8, 4) is 45.1 Å². The number of aromatic nitrogens is 2. The van der Waals surface area contributed by atoms with Crippen LogP contribution in [0.25, 0.3) is 77.2 Å². The molecule has 0 aliphatic carbocycles. The maximum atomic E-state index is 9.80. The molecule has 0 atom stereocenters. The minimum absolute atomic E-state index is 0.0810. The summed E-state index contributed by atoms with van der Waals surface area (Å²) in [5.41, 5.74) is 12.5. The van der Waals surface area contributed by atoms with Gasteiger partial charge in [0.1, 0.15) is 24.7 Å². The Morgan fingerprint density at radius 2 is 0.803 bits per heavy atom. The van der Waals surface area contributed by atoms with Crippen molar-refractivity contribution in [1.29, 1.82) is 0 Å². The molecule has 0 spiro atoms. The van der Waals surface area contributed by atoms with Crippen molar-refractivity contribution >= 4 is 43.6 Å². The van der Waals surface area contributed by atoms with Crippen LogP contribution in [0.2, 0.25) is 0 Å². The Hall–Kier alpha value is -7.12. The van der Waals surface area contributed by atoms with Gasteiger partial charge < -0.3 is 28.8 Å². The normalized spacial score (nSPS) is 11.9. The molecule has 0 aliphatic rings. The molecule has 0 fully saturated rings. The zero-order valence-corrected chi connectivity index (χ0v) is 34.3. The fraction of sp³-hybridized carbons (Fsp3) is 0.127. The Labute approximate surface area is 355 Å². The molecule has 0 aliphatic heterocycles. The lowest BCUT2D eigenvalue weighted by atomic mass is 9.76. The number of fused-ring (bicyclic) bond motifs is 6. The second kappa shape index (κ2) is 15.8. The lowest BCUT2D eigenvalue weighted by Gasteiger charge is -2.28. The van der Waals surface area contributed by atoms with Gasteiger partial charge >= 0.3 is 0 Å². The first-order chi connectivity index (χ1) is 29.9. The van der Waals surface area contributed by atoms with Gasteiger partial charge in [0.15, 0.2) is 0 Å². The molecule has 10 aromatic rings. The SMILES string of the molecule is CC(C)(c1ccc(OCCO)c(-c2ccc3c(c2)c2ccccc2n3-c2ccccc2)c1)c1ccc(OCCO)c(-c2ccc3c(c2)c2ccccc2n3-c2ccccc2)c1. The van der Waals surface area contributed by atoms with Gasteiger partial charge in [-0.2, -0.15) is 0 Å². The average Bonchev–Trinajstić information content (AvgIpc) is 3.83. The van der Waals surface area contributed by atoms with E-state index >= 15 is 0 Å². The second-order valence-electron chi connectivity index (χ2n) is 16.0. The first-order valence-corrected chi connectivity index (χ1v) is 20.9. The summed E-state index contributed by atoms with van der Waals surface area (Å²) >= 11 is 0. The van der Waals surface area contributed by atoms with Crippen molar-refractivity contribution in [2.24, 2.45) is 0 Å². The molecule has 0 saturated heterocycles. The first-order valence-electron chi connectivity index (χ1n) is 20.9. The van der Waals surface area contributed by atoms with E-state index in [1.807, 2.05) is 24.3 Å². The molecule has 61 heavy (non-hydrogen) atoms. The average molecular weight is 799 g/mol. The van der Waals surface area contributed by atoms with Crippen LogP contribution in [0, 0.1) is 0 Å². The van der Waals surface area contributed by atoms with Crippen LogP contribution < -0.4 is 9.47 Å². The maximum absolute atomic E-state index is 9.80. The number of rotatable bonds is 12. The molecule has 8 aromatic carbocycles. The third-order valence-corrected chi connectivity index (χ3v) is 12.1. The van der Waals surface area contributed by atoms with E-state index in [4.69, 9.17) is 9.47 Å². The lowest BCUT2D eigenvalue weighted by molar-refractivity contribution is 0.202. The summed E-state index contributed by atoms with van der Waals surface area (Å²) in [5, 5.41) is 24.3. The number of para-hydroxylation sites is 4. The molecular formula is C55H46N2O4. The van der Waals surface area contributed by atoms with Gasteiger partial charge in [-0.1, -0.05) is 111 Å². The van der Waals surface area contributed by atoms with E-state index in [2.05, 4.69) is 181 Å². The highest BCUT2D eigenvalue weighted by molar-refractivity contribution is 6.11. The van der Waals surface area contributed by atoms with E-state index in [1.165, 1.54) is 10.8 Å². The molecule has 6 nitrogen and oxygen atoms in total. The van der Waals surface area contributed by atoms with Crippen molar-refractivity contribution < 1.29 is 19.7 Å². The third kappa shape index (κ3) is 6.71. The van der Waals surface area contributed by atoms with Crippen LogP contribution in [-0.2, 0) is 5.41 Å². The van der Waals surface area contributed by atoms with Crippen LogP contribution in [-0.4, -0.2) is 45.8 Å². The summed E-state index contributed by atoms with van der Waals surface area (Å²) < 4.78 is 17.1. The van der Waals surface area contributed by atoms with Gasteiger partial charge in [-0.05, 0) is 107 Å². The molecular weight excluding hydrogens is 753 g/mol. The van der Waals surface area contributed by atoms with E-state index in [1.54, 1.807) is 0 Å². The summed E-state index contributed by atoms with van der Waals surface area (Å²) in [6.45, 7) is 4.73. The number of aliphatic hydroxyl groups excluding tert-OH is 2. The molecule has 0 saturated carbocycles. The Kier molecular flexibility index (Phi) is 9.88. The van der Waals surface area contributed by atoms with Crippen LogP contribution >= 0.6 is 0 Å². The quantitative estimate of drug-likeness (QED) is 0.129. The van der Waals surface area contributed by atoms with Crippen LogP contribution in [0.3, 0.4) is 0 Å². The van der Waals surface area contributed by atoms with Gasteiger partial charge in [0.05, 0.1) is 35.3 Å². The molecule has 0 amide bonds. The van der Waals surface area contributed by atoms with Crippen LogP contribution in [0.5, 0.6) is 11.5 Å². The predicted molar refractivity (Wildman–Crippen MR) is 250 cm³/mol. The molecule has 2 heterocycles. The predicted octanol–water partition coefficient (Wildman–Crippen LogP) is 12.3. The third-order valence-electron chi connectivity index (χ3n) is 12.1. The highest BCUT2D eigenvalue weighted by Crippen LogP contribution is 2.44. The van der Waals surface area contributed by atoms with Crippen molar-refractivity contribution in [2.45, 2.75) is 19.3 Å². The van der Waals surface area contributed by atoms with Crippen molar-refractivity contribution in [1.82, 2.24) is 9.13 Å². The smallest absolute Gasteiger partial charge is 0.127 e. The van der Waals surface area contributed by atoms with Crippen molar-refractivity contribution in [3.05, 3.63) is 193 Å². The van der Waals surface area contributed by atoms with E-state index in [0.29, 0.717) is 0 Å². The second-order valence-corrected chi connectivity index (χ2v) is 16.0. The topological polar surface area (TPSA) is 68.8 Å². The Morgan fingerprint density at radius 1 is 0.410 bits per heavy atom. The molecule has 10 rings (SSSR count). The van der Waals surface area contributed by atoms with E-state index in [-0.39, 0.29) is 26.4 Å². The maximum Gasteiger partial charge on any atom is 0.127 e. The number of hydrogen-bond acceptors (Lipinski definition) is 4. The minimum Gasteiger partial charge on any atom is -0.491 e. The Morgan fingerprint density at radius 3 is 1.23 bits per heavy atom. The summed E-state index contributed by atoms with van der Waals surface area (Å²) in [4.78, 5) is 0. The molecule has 6 heteroatoms. The van der Waals surface area contributed by atoms with E-state index < -0.39 is 5.41 Å². The molecule has 0 radical (unpaired) electrons. The molecule has 0 bridgehead atoms. The van der Waals surface area contributed by atoms with E-state index in [0.717, 1.165) is 89.1 Å². The summed E-state index contributed by atoms with van der Waals surface area (Å²) in [5.74, 6) is 1.44. The number of aliphatic hydroxyl groups is 2. The monoisotopic (exact) mass is 798 g/mol. The first kappa shape index (κ1) is 38.1. The molecule has 2 aromatic heterocycles. The van der Waals surface area contributed by atoms with Gasteiger partial charge in [-0.3, -0.25) is 0 Å². The molecule has 2 N–H and O–H groups in total. The van der Waals surface area contributed by atoms with Crippen molar-refractivity contribution in [2.75, 3.05) is 26.4 Å². The van der Waals surface area contributed by atoms with Gasteiger partial charge in [0.2, 0.25) is 0 Å². The summed E-state index contributed by atoms with van der Waals surface area (Å²) in [7, 11) is 0. The zero-order valence-electron chi connectivity index (χ0n) is 34.3. The van der Waals surface area contributed by atoms with Gasteiger partial charge in [0.25, 0.3) is 0 Å². The number of ether oxygens (including phenoxy) is 2. The standard InChI is InChI=1S/C55H46N2O4/c1-55(2,39-23-27-53(60-31-29-58)45(35-39)37-21-25-51-47(33-37)43-17-9-11-19-49(43)56(51)41-13-5-3-6-14-41)40-24-28-54(61-32-30-59)46(36-40)38-22-26-52-48(34-38)44-18-10-12-20-50(44)57(52)42-15-7-4-8-16-42/h3-28,33-36,58-59H,29-32H2,1-2H3. The fourth-order valence-corrected chi connectivity index (χ4v) is 9.01. The fourth-order valence-electron chi connectivity index (χ4n) is 9.01. The summed E-state index contributed by atoms with van der Waals surface area (Å²) in [6.07, 6.45) is 0. The molecule has 0 unspecified atom stereocenters. The Balaban J connectivity index is 1.09. The number of benzene rings is 8. The highest BCUT2D eigenvalue weighted by atomic mass is 16.5. The summed E-state index contributed by atoms with van der Waals surface area (Å²) in [6, 6.07) is 64.2. The number of nitrogens with zero attached hydrogens (tertiary/aromatic N) is 2. The highest BCUT2D eigenvalue weighted by Gasteiger charge is 2.27. The van der Waals surface area contributed by atoms with Crippen LogP contribution in [0.15, 0.2) is 182 Å². The van der Waals surface area contributed by atoms with Gasteiger partial charge in [-0.25, -0.2) is 0 Å². The lowest BCUT2D eigenvalue weighted by Crippen LogP contribution is -2.19. The number of hydrogen-bond donors (Lipinski definition) is 2. The van der Waals surface area contributed by atoms with Crippen molar-refractivity contribution in [3.63, 3.8) is 0 Å². The van der Waals surface area contributed by atoms with E-state index in [9.17, 15) is 10.2 Å². The molecule has 300 valence electrons. The minimum atomic E-state index is -0.449. The van der Waals surface area contributed by atoms with Crippen LogP contribution in [0.1, 0.15) is 25.0 Å². The largest absolute Gasteiger partial charge is 0.491 e. The Bertz CT molecular complexity index is 2980.